The van der Waals surface area contributed by atoms with E-state index in [1.54, 1.807) is 24.3 Å². The van der Waals surface area contributed by atoms with E-state index in [4.69, 9.17) is 15.0 Å². The summed E-state index contributed by atoms with van der Waals surface area (Å²) in [5.74, 6) is 0.175. The molecule has 2 aromatic rings. The van der Waals surface area contributed by atoms with E-state index in [9.17, 15) is 9.90 Å². The molecular formula is C25H30N4O3. The summed E-state index contributed by atoms with van der Waals surface area (Å²) in [5.41, 5.74) is 3.67. The number of unbranched alkanes of at least 4 members (excludes halogenated alkanes) is 1. The molecule has 1 aromatic heterocycles. The Morgan fingerprint density at radius 1 is 1.28 bits per heavy atom. The molecule has 4 rings (SSSR count). The van der Waals surface area contributed by atoms with E-state index in [0.717, 1.165) is 50.2 Å². The van der Waals surface area contributed by atoms with Gasteiger partial charge in [-0.2, -0.15) is 5.26 Å². The molecule has 0 amide bonds. The standard InChI is InChI=1S/C25H30N4O3/c26-16-18-6-8-19(9-7-18)23(25(30)31)29-14-12-22(17-29)32-15-2-1-5-21-11-10-20-4-3-13-27-24(20)28-21/h6-11,22-23H,1-5,12-15,17H2,(H,27,28)(H,30,31). The van der Waals surface area contributed by atoms with Gasteiger partial charge in [-0.15, -0.1) is 0 Å². The topological polar surface area (TPSA) is 98.5 Å². The van der Waals surface area contributed by atoms with E-state index in [2.05, 4.69) is 23.5 Å². The molecule has 2 N–H and O–H groups in total. The van der Waals surface area contributed by atoms with Gasteiger partial charge in [-0.25, -0.2) is 4.98 Å². The summed E-state index contributed by atoms with van der Waals surface area (Å²) in [4.78, 5) is 18.6. The van der Waals surface area contributed by atoms with Gasteiger partial charge in [0, 0.05) is 31.9 Å². The smallest absolute Gasteiger partial charge is 0.325 e. The minimum Gasteiger partial charge on any atom is -0.480 e. The predicted octanol–water partition coefficient (Wildman–Crippen LogP) is 3.55. The molecule has 2 atom stereocenters. The summed E-state index contributed by atoms with van der Waals surface area (Å²) in [6.07, 6.45) is 6.08. The van der Waals surface area contributed by atoms with Gasteiger partial charge in [0.05, 0.1) is 17.7 Å². The van der Waals surface area contributed by atoms with Crippen LogP contribution in [0.1, 0.15) is 54.1 Å². The number of carboxylic acids is 1. The van der Waals surface area contributed by atoms with Crippen LogP contribution >= 0.6 is 0 Å². The normalized spacial score (nSPS) is 19.0. The maximum absolute atomic E-state index is 11.9. The molecule has 7 heteroatoms. The van der Waals surface area contributed by atoms with Crippen molar-refractivity contribution in [2.24, 2.45) is 0 Å². The summed E-state index contributed by atoms with van der Waals surface area (Å²) in [5, 5.41) is 22.1. The minimum absolute atomic E-state index is 0.0568. The number of benzene rings is 1. The lowest BCUT2D eigenvalue weighted by Gasteiger charge is -2.24. The van der Waals surface area contributed by atoms with Gasteiger partial charge in [0.1, 0.15) is 11.9 Å². The molecule has 1 fully saturated rings. The Kier molecular flexibility index (Phi) is 7.35. The largest absolute Gasteiger partial charge is 0.480 e. The molecule has 0 aliphatic carbocycles. The number of carboxylic acid groups (broad SMARTS) is 1. The van der Waals surface area contributed by atoms with Gasteiger partial charge in [-0.1, -0.05) is 18.2 Å². The van der Waals surface area contributed by atoms with Gasteiger partial charge in [0.15, 0.2) is 0 Å². The number of rotatable bonds is 9. The van der Waals surface area contributed by atoms with Gasteiger partial charge in [0.25, 0.3) is 0 Å². The highest BCUT2D eigenvalue weighted by molar-refractivity contribution is 5.75. The molecule has 0 saturated carbocycles. The Balaban J connectivity index is 1.21. The van der Waals surface area contributed by atoms with Crippen molar-refractivity contribution in [2.45, 2.75) is 50.7 Å². The number of anilines is 1. The van der Waals surface area contributed by atoms with Gasteiger partial charge < -0.3 is 15.2 Å². The van der Waals surface area contributed by atoms with Crippen LogP contribution in [0.15, 0.2) is 36.4 Å². The Bertz CT molecular complexity index is 970. The summed E-state index contributed by atoms with van der Waals surface area (Å²) < 4.78 is 6.05. The molecule has 0 bridgehead atoms. The molecular weight excluding hydrogens is 404 g/mol. The highest BCUT2D eigenvalue weighted by atomic mass is 16.5. The third kappa shape index (κ3) is 5.45. The Morgan fingerprint density at radius 3 is 2.91 bits per heavy atom. The lowest BCUT2D eigenvalue weighted by molar-refractivity contribution is -0.143. The molecule has 7 nitrogen and oxygen atoms in total. The van der Waals surface area contributed by atoms with Crippen LogP contribution in [0.3, 0.4) is 0 Å². The number of aromatic nitrogens is 1. The number of nitriles is 1. The van der Waals surface area contributed by atoms with Crippen molar-refractivity contribution in [3.05, 3.63) is 58.8 Å². The van der Waals surface area contributed by atoms with Gasteiger partial charge in [-0.05, 0) is 67.9 Å². The molecule has 2 aliphatic rings. The van der Waals surface area contributed by atoms with E-state index in [1.807, 2.05) is 4.90 Å². The zero-order valence-electron chi connectivity index (χ0n) is 18.3. The average molecular weight is 435 g/mol. The van der Waals surface area contributed by atoms with Gasteiger partial charge in [-0.3, -0.25) is 9.69 Å². The zero-order valence-corrected chi connectivity index (χ0v) is 18.3. The number of likely N-dealkylation sites (tertiary alicyclic amines) is 1. The highest BCUT2D eigenvalue weighted by Gasteiger charge is 2.33. The molecule has 2 unspecified atom stereocenters. The number of aryl methyl sites for hydroxylation is 2. The molecule has 168 valence electrons. The van der Waals surface area contributed by atoms with E-state index in [1.165, 1.54) is 12.0 Å². The lowest BCUT2D eigenvalue weighted by atomic mass is 10.0. The number of carbonyl (C=O) groups is 1. The van der Waals surface area contributed by atoms with Crippen molar-refractivity contribution < 1.29 is 14.6 Å². The number of nitrogens with zero attached hydrogens (tertiary/aromatic N) is 3. The Hall–Kier alpha value is -2.95. The molecule has 0 spiro atoms. The predicted molar refractivity (Wildman–Crippen MR) is 121 cm³/mol. The fraction of sp³-hybridized carbons (Fsp3) is 0.480. The van der Waals surface area contributed by atoms with E-state index < -0.39 is 12.0 Å². The fourth-order valence-electron chi connectivity index (χ4n) is 4.54. The second-order valence-electron chi connectivity index (χ2n) is 8.55. The molecule has 1 aromatic carbocycles. The first-order chi connectivity index (χ1) is 15.6. The molecule has 32 heavy (non-hydrogen) atoms. The number of aliphatic carboxylic acids is 1. The third-order valence-electron chi connectivity index (χ3n) is 6.26. The summed E-state index contributed by atoms with van der Waals surface area (Å²) in [6, 6.07) is 12.5. The van der Waals surface area contributed by atoms with Crippen molar-refractivity contribution in [3.63, 3.8) is 0 Å². The number of nitrogens with one attached hydrogen (secondary N) is 1. The number of fused-ring (bicyclic) bond motifs is 1. The van der Waals surface area contributed by atoms with Gasteiger partial charge in [0.2, 0.25) is 0 Å². The van der Waals surface area contributed by atoms with Crippen LogP contribution in [0.2, 0.25) is 0 Å². The second kappa shape index (κ2) is 10.6. The quantitative estimate of drug-likeness (QED) is 0.582. The van der Waals surface area contributed by atoms with Crippen molar-refractivity contribution in [1.29, 1.82) is 5.26 Å². The number of pyridine rings is 1. The first-order valence-corrected chi connectivity index (χ1v) is 11.5. The van der Waals surface area contributed by atoms with Crippen LogP contribution in [-0.4, -0.2) is 53.3 Å². The van der Waals surface area contributed by atoms with Crippen LogP contribution in [0.5, 0.6) is 0 Å². The number of hydrogen-bond donors (Lipinski definition) is 2. The average Bonchev–Trinajstić information content (AvgIpc) is 3.27. The summed E-state index contributed by atoms with van der Waals surface area (Å²) in [7, 11) is 0. The van der Waals surface area contributed by atoms with E-state index in [-0.39, 0.29) is 6.10 Å². The third-order valence-corrected chi connectivity index (χ3v) is 6.26. The van der Waals surface area contributed by atoms with Crippen molar-refractivity contribution >= 4 is 11.8 Å². The zero-order chi connectivity index (χ0) is 22.3. The van der Waals surface area contributed by atoms with Gasteiger partial charge >= 0.3 is 5.97 Å². The first kappa shape index (κ1) is 22.3. The minimum atomic E-state index is -0.873. The monoisotopic (exact) mass is 434 g/mol. The van der Waals surface area contributed by atoms with Crippen LogP contribution in [0.25, 0.3) is 0 Å². The molecule has 2 aliphatic heterocycles. The van der Waals surface area contributed by atoms with Crippen LogP contribution in [0, 0.1) is 11.3 Å². The molecule has 0 radical (unpaired) electrons. The number of hydrogen-bond acceptors (Lipinski definition) is 6. The Morgan fingerprint density at radius 2 is 2.12 bits per heavy atom. The maximum atomic E-state index is 11.9. The number of ether oxygens (including phenoxy) is 1. The fourth-order valence-corrected chi connectivity index (χ4v) is 4.54. The summed E-state index contributed by atoms with van der Waals surface area (Å²) >= 11 is 0. The van der Waals surface area contributed by atoms with Crippen LogP contribution in [-0.2, 0) is 22.4 Å². The highest BCUT2D eigenvalue weighted by Crippen LogP contribution is 2.27. The molecule has 1 saturated heterocycles. The first-order valence-electron chi connectivity index (χ1n) is 11.5. The Labute approximate surface area is 189 Å². The lowest BCUT2D eigenvalue weighted by Crippen LogP contribution is -2.33. The van der Waals surface area contributed by atoms with Crippen molar-refractivity contribution in [1.82, 2.24) is 9.88 Å². The maximum Gasteiger partial charge on any atom is 0.325 e. The van der Waals surface area contributed by atoms with E-state index in [0.29, 0.717) is 30.8 Å². The van der Waals surface area contributed by atoms with Crippen LogP contribution < -0.4 is 5.32 Å². The van der Waals surface area contributed by atoms with Crippen LogP contribution in [0.4, 0.5) is 5.82 Å². The van der Waals surface area contributed by atoms with E-state index >= 15 is 0 Å². The summed E-state index contributed by atoms with van der Waals surface area (Å²) in [6.45, 7) is 2.97. The van der Waals surface area contributed by atoms with Crippen molar-refractivity contribution in [2.75, 3.05) is 31.6 Å². The second-order valence-corrected chi connectivity index (χ2v) is 8.55. The SMILES string of the molecule is N#Cc1ccc(C(C(=O)O)N2CCC(OCCCCc3ccc4c(n3)NCCC4)C2)cc1. The molecule has 3 heterocycles. The van der Waals surface area contributed by atoms with Crippen molar-refractivity contribution in [3.8, 4) is 6.07 Å².